The Hall–Kier alpha value is -4.61. The van der Waals surface area contributed by atoms with Crippen LogP contribution in [0.4, 0.5) is 11.4 Å². The Morgan fingerprint density at radius 3 is 2.48 bits per heavy atom. The average Bonchev–Trinajstić information content (AvgIpc) is 2.92. The fraction of sp³-hybridized carbons (Fsp3) is 0.273. The van der Waals surface area contributed by atoms with E-state index in [1.54, 1.807) is 47.4 Å². The molecule has 0 amide bonds. The van der Waals surface area contributed by atoms with E-state index in [0.29, 0.717) is 28.5 Å². The topological polar surface area (TPSA) is 122 Å². The molecule has 214 valence electrons. The molecule has 9 heteroatoms. The maximum Gasteiger partial charge on any atom is 0.293 e. The molecule has 0 saturated heterocycles. The van der Waals surface area contributed by atoms with Crippen molar-refractivity contribution in [2.45, 2.75) is 53.1 Å². The lowest BCUT2D eigenvalue weighted by Crippen LogP contribution is -2.42. The number of nitriles is 1. The van der Waals surface area contributed by atoms with Gasteiger partial charge < -0.3 is 10.5 Å². The second-order valence-electron chi connectivity index (χ2n) is 11.6. The first-order chi connectivity index (χ1) is 19.9. The summed E-state index contributed by atoms with van der Waals surface area (Å²) in [5.74, 6) is -0.0771. The summed E-state index contributed by atoms with van der Waals surface area (Å²) in [5.41, 5.74) is 11.2. The fourth-order valence-electron chi connectivity index (χ4n) is 5.98. The van der Waals surface area contributed by atoms with Crippen LogP contribution in [0.3, 0.4) is 0 Å². The number of carbonyl (C=O) groups excluding carboxylic acids is 1. The molecule has 0 bridgehead atoms. The van der Waals surface area contributed by atoms with E-state index in [0.717, 1.165) is 22.3 Å². The molecule has 1 aliphatic heterocycles. The minimum atomic E-state index is -0.720. The van der Waals surface area contributed by atoms with Crippen LogP contribution >= 0.6 is 11.6 Å². The largest absolute Gasteiger partial charge is 0.489 e. The van der Waals surface area contributed by atoms with Crippen LogP contribution in [0.25, 0.3) is 0 Å². The number of benzene rings is 3. The maximum atomic E-state index is 14.0. The number of para-hydroxylation sites is 2. The van der Waals surface area contributed by atoms with Gasteiger partial charge in [0.2, 0.25) is 0 Å². The molecule has 1 unspecified atom stereocenters. The van der Waals surface area contributed by atoms with Crippen molar-refractivity contribution in [3.05, 3.63) is 121 Å². The summed E-state index contributed by atoms with van der Waals surface area (Å²) in [6.07, 6.45) is 0.733. The summed E-state index contributed by atoms with van der Waals surface area (Å²) in [7, 11) is 0. The number of ether oxygens (including phenoxy) is 1. The zero-order valence-electron chi connectivity index (χ0n) is 23.9. The number of rotatable bonds is 6. The van der Waals surface area contributed by atoms with Crippen molar-refractivity contribution in [2.75, 3.05) is 4.90 Å². The molecule has 0 spiro atoms. The second-order valence-corrected chi connectivity index (χ2v) is 12.0. The van der Waals surface area contributed by atoms with Crippen molar-refractivity contribution in [1.82, 2.24) is 0 Å². The normalized spacial score (nSPS) is 18.0. The SMILES string of the molecule is Cc1cc(C)c(C2C(C#N)=C(N)N(c3ccccc3[N+](=O)[O-])C3=C2C(=O)CC(C)(C)C3)cc1COc1ccc(Cl)cc1. The highest BCUT2D eigenvalue weighted by molar-refractivity contribution is 6.30. The van der Waals surface area contributed by atoms with Crippen LogP contribution in [-0.4, -0.2) is 10.7 Å². The van der Waals surface area contributed by atoms with Gasteiger partial charge in [-0.15, -0.1) is 0 Å². The van der Waals surface area contributed by atoms with Crippen molar-refractivity contribution >= 4 is 28.8 Å². The first-order valence-corrected chi connectivity index (χ1v) is 14.0. The summed E-state index contributed by atoms with van der Waals surface area (Å²) >= 11 is 6.01. The Morgan fingerprint density at radius 1 is 1.12 bits per heavy atom. The number of nitro benzene ring substituents is 1. The highest BCUT2D eigenvalue weighted by atomic mass is 35.5. The monoisotopic (exact) mass is 582 g/mol. The standard InChI is InChI=1S/C33H31ClN4O4/c1-19-13-20(2)24(14-21(19)18-42-23-11-9-22(34)10-12-23)30-25(17-35)32(36)37(26-7-5-6-8-27(26)38(40)41)28-15-33(3,4)16-29(39)31(28)30/h5-14,30H,15-16,18,36H2,1-4H3. The molecule has 0 saturated carbocycles. The molecule has 0 aromatic heterocycles. The van der Waals surface area contributed by atoms with Crippen LogP contribution in [0.2, 0.25) is 5.02 Å². The van der Waals surface area contributed by atoms with Gasteiger partial charge in [0.1, 0.15) is 23.9 Å². The Balaban J connectivity index is 1.69. The molecule has 1 heterocycles. The molecule has 2 aliphatic rings. The third kappa shape index (κ3) is 5.24. The van der Waals surface area contributed by atoms with Crippen molar-refractivity contribution in [2.24, 2.45) is 11.1 Å². The Bertz CT molecular complexity index is 1720. The Morgan fingerprint density at radius 2 is 1.81 bits per heavy atom. The Labute approximate surface area is 249 Å². The summed E-state index contributed by atoms with van der Waals surface area (Å²) < 4.78 is 6.04. The number of hydrogen-bond donors (Lipinski definition) is 1. The quantitative estimate of drug-likeness (QED) is 0.237. The number of hydrogen-bond acceptors (Lipinski definition) is 7. The molecule has 0 radical (unpaired) electrons. The average molecular weight is 583 g/mol. The third-order valence-corrected chi connectivity index (χ3v) is 8.20. The van der Waals surface area contributed by atoms with Crippen LogP contribution in [0, 0.1) is 40.7 Å². The van der Waals surface area contributed by atoms with Crippen molar-refractivity contribution < 1.29 is 14.5 Å². The van der Waals surface area contributed by atoms with E-state index in [1.165, 1.54) is 6.07 Å². The van der Waals surface area contributed by atoms with Crippen LogP contribution in [0.5, 0.6) is 5.75 Å². The van der Waals surface area contributed by atoms with Gasteiger partial charge in [-0.25, -0.2) is 0 Å². The van der Waals surface area contributed by atoms with E-state index in [-0.39, 0.29) is 41.6 Å². The summed E-state index contributed by atoms with van der Waals surface area (Å²) in [6, 6.07) is 19.6. The van der Waals surface area contributed by atoms with Gasteiger partial charge in [-0.2, -0.15) is 5.26 Å². The van der Waals surface area contributed by atoms with Gasteiger partial charge in [0.25, 0.3) is 5.69 Å². The number of Topliss-reactive ketones (excluding diaryl/α,β-unsaturated/α-hetero) is 1. The van der Waals surface area contributed by atoms with E-state index >= 15 is 0 Å². The molecule has 3 aromatic rings. The van der Waals surface area contributed by atoms with Gasteiger partial charge >= 0.3 is 0 Å². The molecule has 1 aliphatic carbocycles. The fourth-order valence-corrected chi connectivity index (χ4v) is 6.10. The van der Waals surface area contributed by atoms with Crippen molar-refractivity contribution in [1.29, 1.82) is 5.26 Å². The third-order valence-electron chi connectivity index (χ3n) is 7.94. The van der Waals surface area contributed by atoms with Gasteiger partial charge in [-0.1, -0.05) is 49.7 Å². The molecule has 42 heavy (non-hydrogen) atoms. The first kappa shape index (κ1) is 28.9. The van der Waals surface area contributed by atoms with Crippen LogP contribution in [0.1, 0.15) is 54.9 Å². The first-order valence-electron chi connectivity index (χ1n) is 13.6. The predicted octanol–water partition coefficient (Wildman–Crippen LogP) is 7.38. The number of nitrogens with two attached hydrogens (primary N) is 1. The van der Waals surface area contributed by atoms with Gasteiger partial charge in [-0.3, -0.25) is 19.8 Å². The van der Waals surface area contributed by atoms with Crippen molar-refractivity contribution in [3.8, 4) is 11.8 Å². The maximum absolute atomic E-state index is 14.0. The predicted molar refractivity (Wildman–Crippen MR) is 162 cm³/mol. The number of nitro groups is 1. The van der Waals surface area contributed by atoms with E-state index in [2.05, 4.69) is 6.07 Å². The summed E-state index contributed by atoms with van der Waals surface area (Å²) in [5, 5.41) is 23.1. The second kappa shape index (κ2) is 11.0. The van der Waals surface area contributed by atoms with Gasteiger partial charge in [0.05, 0.1) is 22.5 Å². The van der Waals surface area contributed by atoms with E-state index in [9.17, 15) is 20.2 Å². The number of halogens is 1. The lowest BCUT2D eigenvalue weighted by Gasteiger charge is -2.43. The summed E-state index contributed by atoms with van der Waals surface area (Å²) in [6.45, 7) is 8.19. The highest BCUT2D eigenvalue weighted by Gasteiger charge is 2.46. The molecule has 8 nitrogen and oxygen atoms in total. The van der Waals surface area contributed by atoms with Crippen molar-refractivity contribution in [3.63, 3.8) is 0 Å². The lowest BCUT2D eigenvalue weighted by molar-refractivity contribution is -0.384. The van der Waals surface area contributed by atoms with E-state index in [1.807, 2.05) is 39.8 Å². The van der Waals surface area contributed by atoms with Crippen LogP contribution < -0.4 is 15.4 Å². The molecule has 3 aromatic carbocycles. The molecule has 5 rings (SSSR count). The number of ketones is 1. The van der Waals surface area contributed by atoms with E-state index in [4.69, 9.17) is 22.1 Å². The zero-order chi connectivity index (χ0) is 30.3. The lowest BCUT2D eigenvalue weighted by atomic mass is 9.68. The number of anilines is 1. The van der Waals surface area contributed by atoms with Crippen LogP contribution in [0.15, 0.2) is 83.3 Å². The summed E-state index contributed by atoms with van der Waals surface area (Å²) in [4.78, 5) is 27.0. The molecule has 1 atom stereocenters. The van der Waals surface area contributed by atoms with Gasteiger partial charge in [0, 0.05) is 28.8 Å². The number of aryl methyl sites for hydroxylation is 2. The van der Waals surface area contributed by atoms with E-state index < -0.39 is 16.3 Å². The number of nitrogens with zero attached hydrogens (tertiary/aromatic N) is 3. The molecular weight excluding hydrogens is 552 g/mol. The molecule has 0 fully saturated rings. The highest BCUT2D eigenvalue weighted by Crippen LogP contribution is 2.51. The number of carbonyl (C=O) groups is 1. The number of allylic oxidation sites excluding steroid dienone is 3. The zero-order valence-corrected chi connectivity index (χ0v) is 24.7. The van der Waals surface area contributed by atoms with Gasteiger partial charge in [-0.05, 0) is 78.3 Å². The smallest absolute Gasteiger partial charge is 0.293 e. The van der Waals surface area contributed by atoms with Crippen LogP contribution in [-0.2, 0) is 11.4 Å². The minimum absolute atomic E-state index is 0.0833. The minimum Gasteiger partial charge on any atom is -0.489 e. The molecule has 2 N–H and O–H groups in total. The Kier molecular flexibility index (Phi) is 7.56. The van der Waals surface area contributed by atoms with Gasteiger partial charge in [0.15, 0.2) is 5.78 Å². The molecular formula is C33H31ClN4O4.